The van der Waals surface area contributed by atoms with Crippen molar-refractivity contribution in [3.8, 4) is 5.75 Å². The van der Waals surface area contributed by atoms with Crippen LogP contribution in [0.25, 0.3) is 0 Å². The summed E-state index contributed by atoms with van der Waals surface area (Å²) in [5.41, 5.74) is 0. The highest BCUT2D eigenvalue weighted by molar-refractivity contribution is 7.59. The largest absolute Gasteiger partial charge is 0.494 e. The Kier molecular flexibility index (Phi) is 18.4. The van der Waals surface area contributed by atoms with Crippen LogP contribution in [-0.2, 0) is 0 Å². The molecule has 110 valence electrons. The Morgan fingerprint density at radius 2 is 1.37 bits per heavy atom. The molecule has 2 heteroatoms. The molecule has 1 aromatic rings. The molecule has 0 aromatic heterocycles. The van der Waals surface area contributed by atoms with Gasteiger partial charge in [-0.05, 0) is 18.6 Å². The van der Waals surface area contributed by atoms with Gasteiger partial charge in [-0.15, -0.1) is 13.2 Å². The van der Waals surface area contributed by atoms with Gasteiger partial charge < -0.3 is 4.74 Å². The summed E-state index contributed by atoms with van der Waals surface area (Å²) < 4.78 is 5.63. The predicted octanol–water partition coefficient (Wildman–Crippen LogP) is 5.73. The molecule has 0 aliphatic rings. The molecule has 0 radical (unpaired) electrons. The van der Waals surface area contributed by atoms with E-state index in [9.17, 15) is 0 Å². The van der Waals surface area contributed by atoms with Gasteiger partial charge in [0.15, 0.2) is 0 Å². The van der Waals surface area contributed by atoms with Crippen LogP contribution in [0, 0.1) is 0 Å². The van der Waals surface area contributed by atoms with Crippen LogP contribution in [-0.4, -0.2) is 6.61 Å². The molecule has 0 heterocycles. The maximum absolute atomic E-state index is 5.63. The summed E-state index contributed by atoms with van der Waals surface area (Å²) >= 11 is 0. The normalized spacial score (nSPS) is 8.89. The average molecular weight is 282 g/mol. The highest BCUT2D eigenvalue weighted by atomic mass is 32.1. The van der Waals surface area contributed by atoms with Crippen LogP contribution in [0.5, 0.6) is 5.75 Å². The van der Waals surface area contributed by atoms with Crippen LogP contribution in [0.4, 0.5) is 0 Å². The van der Waals surface area contributed by atoms with E-state index in [0.29, 0.717) is 0 Å². The maximum atomic E-state index is 5.63. The number of ether oxygens (including phenoxy) is 1. The van der Waals surface area contributed by atoms with Crippen molar-refractivity contribution in [3.05, 3.63) is 43.5 Å². The second-order valence-electron chi connectivity index (χ2n) is 4.28. The third-order valence-corrected chi connectivity index (χ3v) is 2.76. The molecule has 0 atom stereocenters. The molecule has 1 rings (SSSR count). The Balaban J connectivity index is 0. The molecular weight excluding hydrogens is 252 g/mol. The van der Waals surface area contributed by atoms with Gasteiger partial charge in [-0.1, -0.05) is 63.6 Å². The van der Waals surface area contributed by atoms with E-state index in [2.05, 4.69) is 20.1 Å². The molecule has 0 aliphatic heterocycles. The number of benzene rings is 1. The average Bonchev–Trinajstić information content (AvgIpc) is 2.45. The van der Waals surface area contributed by atoms with Crippen molar-refractivity contribution in [2.24, 2.45) is 0 Å². The topological polar surface area (TPSA) is 9.23 Å². The lowest BCUT2D eigenvalue weighted by atomic mass is 10.1. The molecule has 19 heavy (non-hydrogen) atoms. The predicted molar refractivity (Wildman–Crippen MR) is 91.6 cm³/mol. The molecule has 0 saturated carbocycles. The van der Waals surface area contributed by atoms with Crippen molar-refractivity contribution in [1.29, 1.82) is 0 Å². The molecule has 0 unspecified atom stereocenters. The van der Waals surface area contributed by atoms with Crippen LogP contribution < -0.4 is 4.74 Å². The number of hydrogen-bond acceptors (Lipinski definition) is 1. The Labute approximate surface area is 126 Å². The van der Waals surface area contributed by atoms with Crippen LogP contribution >= 0.6 is 13.5 Å². The van der Waals surface area contributed by atoms with Gasteiger partial charge in [0.25, 0.3) is 0 Å². The summed E-state index contributed by atoms with van der Waals surface area (Å²) in [5.74, 6) is 0.994. The smallest absolute Gasteiger partial charge is 0.119 e. The quantitative estimate of drug-likeness (QED) is 0.415. The Bertz CT molecular complexity index is 261. The maximum Gasteiger partial charge on any atom is 0.119 e. The SMILES string of the molecule is C=C.CCCCCCCCCOc1ccccc1.S. The highest BCUT2D eigenvalue weighted by Gasteiger charge is 1.93. The van der Waals surface area contributed by atoms with Gasteiger partial charge in [0, 0.05) is 0 Å². The summed E-state index contributed by atoms with van der Waals surface area (Å²) in [6.07, 6.45) is 9.35. The fourth-order valence-corrected chi connectivity index (χ4v) is 1.77. The number of hydrogen-bond donors (Lipinski definition) is 0. The zero-order valence-corrected chi connectivity index (χ0v) is 13.4. The first-order chi connectivity index (χ1) is 8.93. The van der Waals surface area contributed by atoms with E-state index < -0.39 is 0 Å². The van der Waals surface area contributed by atoms with E-state index in [1.54, 1.807) is 0 Å². The van der Waals surface area contributed by atoms with Gasteiger partial charge >= 0.3 is 0 Å². The van der Waals surface area contributed by atoms with Crippen LogP contribution in [0.2, 0.25) is 0 Å². The molecule has 0 spiro atoms. The zero-order chi connectivity index (χ0) is 13.5. The van der Waals surface area contributed by atoms with Crippen molar-refractivity contribution in [2.45, 2.75) is 51.9 Å². The second kappa shape index (κ2) is 17.1. The lowest BCUT2D eigenvalue weighted by molar-refractivity contribution is 0.304. The van der Waals surface area contributed by atoms with Crippen molar-refractivity contribution >= 4 is 13.5 Å². The fourth-order valence-electron chi connectivity index (χ4n) is 1.77. The third-order valence-electron chi connectivity index (χ3n) is 2.76. The van der Waals surface area contributed by atoms with Gasteiger partial charge in [-0.25, -0.2) is 0 Å². The standard InChI is InChI=1S/C15H24O.C2H4.H2S/c1-2-3-4-5-6-7-11-14-16-15-12-9-8-10-13-15;1-2;/h8-10,12-13H,2-7,11,14H2,1H3;1-2H2;1H2. The van der Waals surface area contributed by atoms with Crippen LogP contribution in [0.3, 0.4) is 0 Å². The summed E-state index contributed by atoms with van der Waals surface area (Å²) in [5, 5.41) is 0. The lowest BCUT2D eigenvalue weighted by Gasteiger charge is -2.05. The van der Waals surface area contributed by atoms with Gasteiger partial charge in [0.05, 0.1) is 6.61 Å². The van der Waals surface area contributed by atoms with Crippen LogP contribution in [0.15, 0.2) is 43.5 Å². The first-order valence-corrected chi connectivity index (χ1v) is 7.11. The van der Waals surface area contributed by atoms with Gasteiger partial charge in [0.2, 0.25) is 0 Å². The van der Waals surface area contributed by atoms with E-state index in [1.165, 1.54) is 44.9 Å². The van der Waals surface area contributed by atoms with E-state index in [4.69, 9.17) is 4.74 Å². The molecule has 1 nitrogen and oxygen atoms in total. The van der Waals surface area contributed by atoms with Gasteiger partial charge in [0.1, 0.15) is 5.75 Å². The Morgan fingerprint density at radius 1 is 0.842 bits per heavy atom. The van der Waals surface area contributed by atoms with Gasteiger partial charge in [-0.3, -0.25) is 0 Å². The lowest BCUT2D eigenvalue weighted by Crippen LogP contribution is -1.96. The van der Waals surface area contributed by atoms with Crippen molar-refractivity contribution < 1.29 is 4.74 Å². The monoisotopic (exact) mass is 282 g/mol. The van der Waals surface area contributed by atoms with E-state index in [-0.39, 0.29) is 13.5 Å². The molecule has 0 bridgehead atoms. The van der Waals surface area contributed by atoms with Gasteiger partial charge in [-0.2, -0.15) is 13.5 Å². The zero-order valence-electron chi connectivity index (χ0n) is 12.4. The summed E-state index contributed by atoms with van der Waals surface area (Å²) in [7, 11) is 0. The third kappa shape index (κ3) is 13.3. The minimum atomic E-state index is 0. The molecule has 0 fully saturated rings. The fraction of sp³-hybridized carbons (Fsp3) is 0.529. The Hall–Kier alpha value is -0.890. The van der Waals surface area contributed by atoms with Crippen molar-refractivity contribution in [3.63, 3.8) is 0 Å². The number of rotatable bonds is 9. The Morgan fingerprint density at radius 3 is 1.95 bits per heavy atom. The van der Waals surface area contributed by atoms with Crippen molar-refractivity contribution in [1.82, 2.24) is 0 Å². The van der Waals surface area contributed by atoms with Crippen LogP contribution in [0.1, 0.15) is 51.9 Å². The van der Waals surface area contributed by atoms with E-state index in [1.807, 2.05) is 30.3 Å². The van der Waals surface area contributed by atoms with E-state index >= 15 is 0 Å². The summed E-state index contributed by atoms with van der Waals surface area (Å²) in [6, 6.07) is 10.1. The van der Waals surface area contributed by atoms with Crippen molar-refractivity contribution in [2.75, 3.05) is 6.61 Å². The molecule has 0 N–H and O–H groups in total. The molecular formula is C17H30OS. The minimum absolute atomic E-state index is 0. The second-order valence-corrected chi connectivity index (χ2v) is 4.28. The molecule has 0 aliphatic carbocycles. The minimum Gasteiger partial charge on any atom is -0.494 e. The first kappa shape index (κ1) is 20.4. The number of para-hydroxylation sites is 1. The molecule has 1 aromatic carbocycles. The molecule has 0 saturated heterocycles. The number of unbranched alkanes of at least 4 members (excludes halogenated alkanes) is 6. The molecule has 0 amide bonds. The van der Waals surface area contributed by atoms with E-state index in [0.717, 1.165) is 12.4 Å². The summed E-state index contributed by atoms with van der Waals surface area (Å²) in [4.78, 5) is 0. The highest BCUT2D eigenvalue weighted by Crippen LogP contribution is 2.10. The summed E-state index contributed by atoms with van der Waals surface area (Å²) in [6.45, 7) is 9.12. The first-order valence-electron chi connectivity index (χ1n) is 7.11.